The number of rotatable bonds is 3. The second kappa shape index (κ2) is 6.88. The molecular weight excluding hydrogens is 329 g/mol. The summed E-state index contributed by atoms with van der Waals surface area (Å²) in [4.78, 5) is 12.7. The van der Waals surface area contributed by atoms with Gasteiger partial charge in [0, 0.05) is 6.04 Å². The number of carbonyl (C=O) groups is 1. The van der Waals surface area contributed by atoms with Crippen LogP contribution in [0.5, 0.6) is 0 Å². The summed E-state index contributed by atoms with van der Waals surface area (Å²) in [5, 5.41) is 2.76. The minimum atomic E-state index is -1.52. The molecule has 0 bridgehead atoms. The first-order valence-electron chi connectivity index (χ1n) is 8.17. The highest BCUT2D eigenvalue weighted by Crippen LogP contribution is 2.36. The average molecular weight is 348 g/mol. The number of hydrogen-bond donors (Lipinski definition) is 2. The molecule has 3 N–H and O–H groups in total. The number of carbonyl (C=O) groups excluding carboxylic acids is 1. The molecule has 25 heavy (non-hydrogen) atoms. The Morgan fingerprint density at radius 1 is 1.12 bits per heavy atom. The van der Waals surface area contributed by atoms with E-state index >= 15 is 0 Å². The van der Waals surface area contributed by atoms with Crippen molar-refractivity contribution < 1.29 is 18.0 Å². The van der Waals surface area contributed by atoms with Crippen LogP contribution in [0, 0.1) is 17.5 Å². The summed E-state index contributed by atoms with van der Waals surface area (Å²) in [5.74, 6) is -4.67. The van der Waals surface area contributed by atoms with Crippen molar-refractivity contribution in [2.75, 3.05) is 0 Å². The summed E-state index contributed by atoms with van der Waals surface area (Å²) >= 11 is 0. The van der Waals surface area contributed by atoms with Gasteiger partial charge in [0.15, 0.2) is 17.5 Å². The molecule has 1 aliphatic carbocycles. The molecule has 2 aromatic carbocycles. The maximum Gasteiger partial charge on any atom is 0.228 e. The first-order chi connectivity index (χ1) is 11.9. The van der Waals surface area contributed by atoms with Crippen LogP contribution >= 0.6 is 0 Å². The smallest absolute Gasteiger partial charge is 0.228 e. The Kier molecular flexibility index (Phi) is 4.81. The summed E-state index contributed by atoms with van der Waals surface area (Å²) in [6, 6.07) is 8.56. The molecule has 0 spiro atoms. The van der Waals surface area contributed by atoms with E-state index in [1.807, 2.05) is 24.3 Å². The van der Waals surface area contributed by atoms with Crippen molar-refractivity contribution in [3.05, 3.63) is 70.5 Å². The quantitative estimate of drug-likeness (QED) is 0.828. The lowest BCUT2D eigenvalue weighted by atomic mass is 9.80. The van der Waals surface area contributed by atoms with Gasteiger partial charge in [0.1, 0.15) is 0 Å². The molecule has 1 aliphatic rings. The fourth-order valence-electron chi connectivity index (χ4n) is 3.32. The number of nitrogens with one attached hydrogen (secondary N) is 1. The second-order valence-corrected chi connectivity index (χ2v) is 6.39. The molecule has 6 heteroatoms. The first kappa shape index (κ1) is 17.5. The highest BCUT2D eigenvalue weighted by Gasteiger charge is 2.30. The number of fused-ring (bicyclic) bond motifs is 1. The van der Waals surface area contributed by atoms with Crippen molar-refractivity contribution in [1.29, 1.82) is 0 Å². The number of hydrogen-bond acceptors (Lipinski definition) is 2. The highest BCUT2D eigenvalue weighted by molar-refractivity contribution is 5.84. The fraction of sp³-hybridized carbons (Fsp3) is 0.316. The molecule has 1 amide bonds. The predicted octanol–water partition coefficient (Wildman–Crippen LogP) is 3.86. The monoisotopic (exact) mass is 348 g/mol. The standard InChI is InChI=1S/C19H19F3N2O/c1-10(11-8-15(20)18(22)16(21)9-11)24-19(25)14-6-7-17(23)13-5-3-2-4-12(13)14/h2-5,8-10,14,17H,6-7,23H2,1H3,(H,24,25). The molecule has 0 aromatic heterocycles. The Labute approximate surface area is 144 Å². The van der Waals surface area contributed by atoms with Crippen LogP contribution in [-0.4, -0.2) is 5.91 Å². The molecule has 3 rings (SSSR count). The normalized spacial score (nSPS) is 20.7. The lowest BCUT2D eigenvalue weighted by molar-refractivity contribution is -0.123. The Morgan fingerprint density at radius 2 is 1.72 bits per heavy atom. The van der Waals surface area contributed by atoms with Gasteiger partial charge in [-0.15, -0.1) is 0 Å². The third kappa shape index (κ3) is 3.39. The van der Waals surface area contributed by atoms with E-state index in [1.165, 1.54) is 0 Å². The zero-order valence-electron chi connectivity index (χ0n) is 13.7. The highest BCUT2D eigenvalue weighted by atomic mass is 19.2. The van der Waals surface area contributed by atoms with Gasteiger partial charge in [-0.1, -0.05) is 24.3 Å². The number of amides is 1. The van der Waals surface area contributed by atoms with E-state index in [9.17, 15) is 18.0 Å². The van der Waals surface area contributed by atoms with Gasteiger partial charge in [0.25, 0.3) is 0 Å². The molecule has 2 aromatic rings. The molecule has 0 saturated carbocycles. The number of nitrogens with two attached hydrogens (primary N) is 1. The maximum absolute atomic E-state index is 13.4. The van der Waals surface area contributed by atoms with Crippen molar-refractivity contribution in [3.63, 3.8) is 0 Å². The Bertz CT molecular complexity index is 786. The molecule has 3 nitrogen and oxygen atoms in total. The summed E-state index contributed by atoms with van der Waals surface area (Å²) in [5.41, 5.74) is 8.09. The van der Waals surface area contributed by atoms with Crippen molar-refractivity contribution in [2.45, 2.75) is 37.8 Å². The molecule has 3 unspecified atom stereocenters. The lowest BCUT2D eigenvalue weighted by Crippen LogP contribution is -2.35. The second-order valence-electron chi connectivity index (χ2n) is 6.39. The van der Waals surface area contributed by atoms with Crippen LogP contribution in [0.25, 0.3) is 0 Å². The Hall–Kier alpha value is -2.34. The van der Waals surface area contributed by atoms with E-state index in [2.05, 4.69) is 5.32 Å². The zero-order chi connectivity index (χ0) is 18.1. The summed E-state index contributed by atoms with van der Waals surface area (Å²) in [6.07, 6.45) is 1.28. The molecule has 0 fully saturated rings. The van der Waals surface area contributed by atoms with Crippen LogP contribution in [0.4, 0.5) is 13.2 Å². The van der Waals surface area contributed by atoms with Gasteiger partial charge in [-0.05, 0) is 48.6 Å². The van der Waals surface area contributed by atoms with E-state index in [-0.39, 0.29) is 23.4 Å². The third-order valence-electron chi connectivity index (χ3n) is 4.72. The van der Waals surface area contributed by atoms with Crippen LogP contribution in [0.15, 0.2) is 36.4 Å². The van der Waals surface area contributed by atoms with Gasteiger partial charge in [0.2, 0.25) is 5.91 Å². The van der Waals surface area contributed by atoms with Crippen LogP contribution in [-0.2, 0) is 4.79 Å². The minimum absolute atomic E-state index is 0.0991. The molecule has 0 heterocycles. The van der Waals surface area contributed by atoms with Crippen LogP contribution in [0.2, 0.25) is 0 Å². The van der Waals surface area contributed by atoms with E-state index in [0.717, 1.165) is 23.3 Å². The van der Waals surface area contributed by atoms with Gasteiger partial charge < -0.3 is 11.1 Å². The Morgan fingerprint density at radius 3 is 2.36 bits per heavy atom. The SMILES string of the molecule is CC(NC(=O)C1CCC(N)c2ccccc21)c1cc(F)c(F)c(F)c1. The van der Waals surface area contributed by atoms with E-state index in [0.29, 0.717) is 12.8 Å². The maximum atomic E-state index is 13.4. The van der Waals surface area contributed by atoms with Crippen LogP contribution in [0.3, 0.4) is 0 Å². The topological polar surface area (TPSA) is 55.1 Å². The van der Waals surface area contributed by atoms with Gasteiger partial charge in [-0.3, -0.25) is 4.79 Å². The van der Waals surface area contributed by atoms with Gasteiger partial charge in [-0.2, -0.15) is 0 Å². The van der Waals surface area contributed by atoms with Gasteiger partial charge in [0.05, 0.1) is 12.0 Å². The van der Waals surface area contributed by atoms with Gasteiger partial charge >= 0.3 is 0 Å². The molecule has 0 radical (unpaired) electrons. The largest absolute Gasteiger partial charge is 0.349 e. The lowest BCUT2D eigenvalue weighted by Gasteiger charge is -2.29. The first-order valence-corrected chi connectivity index (χ1v) is 8.17. The van der Waals surface area contributed by atoms with Crippen molar-refractivity contribution in [3.8, 4) is 0 Å². The molecule has 0 aliphatic heterocycles. The molecule has 0 saturated heterocycles. The minimum Gasteiger partial charge on any atom is -0.349 e. The number of benzene rings is 2. The number of halogens is 3. The summed E-state index contributed by atoms with van der Waals surface area (Å²) < 4.78 is 39.9. The summed E-state index contributed by atoms with van der Waals surface area (Å²) in [6.45, 7) is 1.60. The predicted molar refractivity (Wildman–Crippen MR) is 88.2 cm³/mol. The average Bonchev–Trinajstić information content (AvgIpc) is 2.59. The van der Waals surface area contributed by atoms with E-state index < -0.39 is 23.5 Å². The van der Waals surface area contributed by atoms with Crippen LogP contribution < -0.4 is 11.1 Å². The zero-order valence-corrected chi connectivity index (χ0v) is 13.7. The molecular formula is C19H19F3N2O. The fourth-order valence-corrected chi connectivity index (χ4v) is 3.32. The third-order valence-corrected chi connectivity index (χ3v) is 4.72. The Balaban J connectivity index is 1.80. The summed E-state index contributed by atoms with van der Waals surface area (Å²) in [7, 11) is 0. The van der Waals surface area contributed by atoms with Gasteiger partial charge in [-0.25, -0.2) is 13.2 Å². The van der Waals surface area contributed by atoms with Crippen molar-refractivity contribution in [1.82, 2.24) is 5.32 Å². The van der Waals surface area contributed by atoms with Crippen molar-refractivity contribution >= 4 is 5.91 Å². The molecule has 132 valence electrons. The van der Waals surface area contributed by atoms with E-state index in [4.69, 9.17) is 5.73 Å². The van der Waals surface area contributed by atoms with E-state index in [1.54, 1.807) is 6.92 Å². The van der Waals surface area contributed by atoms with Crippen molar-refractivity contribution in [2.24, 2.45) is 5.73 Å². The molecule has 3 atom stereocenters. The van der Waals surface area contributed by atoms with Crippen LogP contribution in [0.1, 0.15) is 54.5 Å².